The van der Waals surface area contributed by atoms with E-state index in [0.29, 0.717) is 25.8 Å². The molecule has 1 aliphatic carbocycles. The number of piperazine rings is 1. The van der Waals surface area contributed by atoms with Gasteiger partial charge in [-0.1, -0.05) is 31.0 Å². The molecule has 6 nitrogen and oxygen atoms in total. The van der Waals surface area contributed by atoms with Crippen molar-refractivity contribution in [3.8, 4) is 0 Å². The topological polar surface area (TPSA) is 65.0 Å². The van der Waals surface area contributed by atoms with Gasteiger partial charge in [0.2, 0.25) is 5.91 Å². The number of aliphatic hydroxyl groups excluding tert-OH is 1. The number of para-hydroxylation sites is 1. The maximum Gasteiger partial charge on any atom is 0.238 e. The van der Waals surface area contributed by atoms with Gasteiger partial charge in [-0.15, -0.1) is 0 Å². The molecule has 0 spiro atoms. The standard InChI is InChI=1S/C22H35N3O3.H2/c1-17-6-5-7-18(2)22(17)23-21(27)15-25-12-10-24(11-13-25)14-19(26)16-28-20-8-3-4-9-20;/h5-7,19-20,26H,3-4,8-16H2,1-2H3,(H,23,27);1H. The molecule has 0 bridgehead atoms. The minimum atomic E-state index is -0.431. The fourth-order valence-corrected chi connectivity index (χ4v) is 4.18. The molecule has 28 heavy (non-hydrogen) atoms. The molecule has 1 aromatic carbocycles. The average Bonchev–Trinajstić information content (AvgIpc) is 3.18. The van der Waals surface area contributed by atoms with Gasteiger partial charge in [0.05, 0.1) is 25.4 Å². The second kappa shape index (κ2) is 10.3. The third kappa shape index (κ3) is 6.27. The molecular weight excluding hydrogens is 354 g/mol. The summed E-state index contributed by atoms with van der Waals surface area (Å²) in [6.07, 6.45) is 4.69. The molecule has 1 heterocycles. The van der Waals surface area contributed by atoms with Gasteiger partial charge in [-0.25, -0.2) is 0 Å². The van der Waals surface area contributed by atoms with Gasteiger partial charge in [-0.2, -0.15) is 0 Å². The largest absolute Gasteiger partial charge is 0.389 e. The summed E-state index contributed by atoms with van der Waals surface area (Å²) < 4.78 is 5.82. The van der Waals surface area contributed by atoms with E-state index in [0.717, 1.165) is 55.8 Å². The van der Waals surface area contributed by atoms with Crippen LogP contribution in [0.25, 0.3) is 0 Å². The lowest BCUT2D eigenvalue weighted by Crippen LogP contribution is -2.50. The van der Waals surface area contributed by atoms with Crippen molar-refractivity contribution in [1.29, 1.82) is 0 Å². The van der Waals surface area contributed by atoms with Gasteiger partial charge < -0.3 is 15.2 Å². The summed E-state index contributed by atoms with van der Waals surface area (Å²) in [6, 6.07) is 6.04. The summed E-state index contributed by atoms with van der Waals surface area (Å²) in [4.78, 5) is 16.9. The Hall–Kier alpha value is -1.47. The third-order valence-corrected chi connectivity index (χ3v) is 5.87. The van der Waals surface area contributed by atoms with Crippen molar-refractivity contribution in [3.05, 3.63) is 29.3 Å². The first-order valence-electron chi connectivity index (χ1n) is 10.6. The Bertz CT molecular complexity index is 624. The summed E-state index contributed by atoms with van der Waals surface area (Å²) in [5, 5.41) is 13.3. The number of carbonyl (C=O) groups is 1. The molecule has 1 aliphatic heterocycles. The summed E-state index contributed by atoms with van der Waals surface area (Å²) in [5.41, 5.74) is 3.11. The minimum Gasteiger partial charge on any atom is -0.389 e. The van der Waals surface area contributed by atoms with Crippen LogP contribution in [0.1, 0.15) is 38.2 Å². The second-order valence-electron chi connectivity index (χ2n) is 8.29. The number of aryl methyl sites for hydroxylation is 2. The maximum atomic E-state index is 12.4. The fraction of sp³-hybridized carbons (Fsp3) is 0.682. The van der Waals surface area contributed by atoms with Crippen LogP contribution in [0.3, 0.4) is 0 Å². The zero-order valence-corrected chi connectivity index (χ0v) is 17.3. The lowest BCUT2D eigenvalue weighted by molar-refractivity contribution is -0.117. The number of carbonyl (C=O) groups excluding carboxylic acids is 1. The van der Waals surface area contributed by atoms with Crippen LogP contribution in [0.4, 0.5) is 5.69 Å². The summed E-state index contributed by atoms with van der Waals surface area (Å²) >= 11 is 0. The molecule has 2 aliphatic rings. The van der Waals surface area contributed by atoms with E-state index in [2.05, 4.69) is 15.1 Å². The predicted octanol–water partition coefficient (Wildman–Crippen LogP) is 2.43. The van der Waals surface area contributed by atoms with E-state index in [4.69, 9.17) is 4.74 Å². The van der Waals surface area contributed by atoms with Crippen LogP contribution in [-0.4, -0.2) is 78.9 Å². The van der Waals surface area contributed by atoms with Crippen LogP contribution in [0.2, 0.25) is 0 Å². The highest BCUT2D eigenvalue weighted by atomic mass is 16.5. The molecule has 158 valence electrons. The van der Waals surface area contributed by atoms with Gasteiger partial charge >= 0.3 is 0 Å². The predicted molar refractivity (Wildman–Crippen MR) is 114 cm³/mol. The van der Waals surface area contributed by atoms with Crippen molar-refractivity contribution in [2.45, 2.75) is 51.7 Å². The van der Waals surface area contributed by atoms with Crippen LogP contribution in [-0.2, 0) is 9.53 Å². The van der Waals surface area contributed by atoms with Gasteiger partial charge in [-0.05, 0) is 37.8 Å². The minimum absolute atomic E-state index is 0. The van der Waals surface area contributed by atoms with E-state index in [1.807, 2.05) is 32.0 Å². The normalized spacial score (nSPS) is 20.4. The number of nitrogens with one attached hydrogen (secondary N) is 1. The summed E-state index contributed by atoms with van der Waals surface area (Å²) in [5.74, 6) is 0.0378. The molecule has 1 aromatic rings. The second-order valence-corrected chi connectivity index (χ2v) is 8.29. The molecule has 1 unspecified atom stereocenters. The van der Waals surface area contributed by atoms with E-state index in [9.17, 15) is 9.90 Å². The van der Waals surface area contributed by atoms with Crippen LogP contribution in [0, 0.1) is 13.8 Å². The number of anilines is 1. The number of benzene rings is 1. The number of ether oxygens (including phenoxy) is 1. The van der Waals surface area contributed by atoms with Crippen molar-refractivity contribution in [3.63, 3.8) is 0 Å². The molecule has 1 atom stereocenters. The van der Waals surface area contributed by atoms with E-state index >= 15 is 0 Å². The van der Waals surface area contributed by atoms with E-state index in [1.165, 1.54) is 12.8 Å². The molecule has 1 saturated carbocycles. The highest BCUT2D eigenvalue weighted by Crippen LogP contribution is 2.21. The Morgan fingerprint density at radius 3 is 2.43 bits per heavy atom. The maximum absolute atomic E-state index is 12.4. The number of hydrogen-bond acceptors (Lipinski definition) is 5. The lowest BCUT2D eigenvalue weighted by atomic mass is 10.1. The SMILES string of the molecule is Cc1cccc(C)c1NC(=O)CN1CCN(CC(O)COC2CCCC2)CC1.[HH]. The van der Waals surface area contributed by atoms with Gasteiger partial charge in [0.1, 0.15) is 0 Å². The molecule has 1 amide bonds. The quantitative estimate of drug-likeness (QED) is 0.713. The zero-order chi connectivity index (χ0) is 19.9. The van der Waals surface area contributed by atoms with Crippen LogP contribution in [0.15, 0.2) is 18.2 Å². The first kappa shape index (κ1) is 21.2. The van der Waals surface area contributed by atoms with Crippen LogP contribution < -0.4 is 5.32 Å². The van der Waals surface area contributed by atoms with Gasteiger partial charge in [0.15, 0.2) is 0 Å². The van der Waals surface area contributed by atoms with Crippen molar-refractivity contribution in [1.82, 2.24) is 9.80 Å². The van der Waals surface area contributed by atoms with Crippen molar-refractivity contribution < 1.29 is 16.1 Å². The monoisotopic (exact) mass is 391 g/mol. The third-order valence-electron chi connectivity index (χ3n) is 5.87. The Morgan fingerprint density at radius 2 is 1.79 bits per heavy atom. The number of aliphatic hydroxyl groups is 1. The molecule has 2 N–H and O–H groups in total. The molecule has 0 radical (unpaired) electrons. The Kier molecular flexibility index (Phi) is 7.85. The average molecular weight is 392 g/mol. The highest BCUT2D eigenvalue weighted by molar-refractivity contribution is 5.93. The van der Waals surface area contributed by atoms with Gasteiger partial charge in [-0.3, -0.25) is 14.6 Å². The smallest absolute Gasteiger partial charge is 0.238 e. The molecule has 2 fully saturated rings. The van der Waals surface area contributed by atoms with Gasteiger partial charge in [0, 0.05) is 39.8 Å². The number of rotatable bonds is 8. The highest BCUT2D eigenvalue weighted by Gasteiger charge is 2.22. The van der Waals surface area contributed by atoms with Crippen molar-refractivity contribution in [2.75, 3.05) is 51.2 Å². The first-order chi connectivity index (χ1) is 13.5. The lowest BCUT2D eigenvalue weighted by Gasteiger charge is -2.35. The van der Waals surface area contributed by atoms with E-state index in [1.54, 1.807) is 0 Å². The number of β-amino-alcohol motifs (C(OH)–C–C–N with tert-alkyl or cyclic N) is 1. The number of amides is 1. The van der Waals surface area contributed by atoms with Crippen LogP contribution >= 0.6 is 0 Å². The van der Waals surface area contributed by atoms with Crippen molar-refractivity contribution >= 4 is 11.6 Å². The van der Waals surface area contributed by atoms with E-state index in [-0.39, 0.29) is 7.33 Å². The Balaban J connectivity index is 0.00000300. The Morgan fingerprint density at radius 1 is 1.18 bits per heavy atom. The van der Waals surface area contributed by atoms with Crippen molar-refractivity contribution in [2.24, 2.45) is 0 Å². The first-order valence-corrected chi connectivity index (χ1v) is 10.6. The fourth-order valence-electron chi connectivity index (χ4n) is 4.18. The number of hydrogen-bond donors (Lipinski definition) is 2. The summed E-state index contributed by atoms with van der Waals surface area (Å²) in [6.45, 7) is 8.96. The number of nitrogens with zero attached hydrogens (tertiary/aromatic N) is 2. The zero-order valence-electron chi connectivity index (χ0n) is 17.3. The molecule has 3 rings (SSSR count). The molecular formula is C22H37N3O3. The molecule has 1 saturated heterocycles. The molecule has 6 heteroatoms. The summed E-state index contributed by atoms with van der Waals surface area (Å²) in [7, 11) is 0. The van der Waals surface area contributed by atoms with Gasteiger partial charge in [0.25, 0.3) is 0 Å². The van der Waals surface area contributed by atoms with Crippen LogP contribution in [0.5, 0.6) is 0 Å². The Labute approximate surface area is 170 Å². The van der Waals surface area contributed by atoms with E-state index < -0.39 is 6.10 Å². The molecule has 0 aromatic heterocycles.